The smallest absolute Gasteiger partial charge is 0.191 e. The number of hydrogen-bond acceptors (Lipinski definition) is 4. The molecule has 0 saturated carbocycles. The molecule has 0 aliphatic carbocycles. The van der Waals surface area contributed by atoms with Crippen LogP contribution in [0.3, 0.4) is 0 Å². The van der Waals surface area contributed by atoms with Crippen LogP contribution in [-0.2, 0) is 19.5 Å². The Hall–Kier alpha value is -2.30. The first-order valence-corrected chi connectivity index (χ1v) is 7.48. The fourth-order valence-electron chi connectivity index (χ4n) is 2.42. The number of imidazole rings is 1. The Morgan fingerprint density at radius 3 is 2.95 bits per heavy atom. The average Bonchev–Trinajstić information content (AvgIpc) is 3.00. The van der Waals surface area contributed by atoms with Crippen LogP contribution in [0.1, 0.15) is 17.8 Å². The van der Waals surface area contributed by atoms with Crippen LogP contribution in [0.15, 0.2) is 47.7 Å². The third-order valence-electron chi connectivity index (χ3n) is 3.60. The Morgan fingerprint density at radius 1 is 1.24 bits per heavy atom. The summed E-state index contributed by atoms with van der Waals surface area (Å²) in [5, 5.41) is 6.58. The van der Waals surface area contributed by atoms with E-state index in [0.717, 1.165) is 44.3 Å². The molecule has 0 radical (unpaired) electrons. The maximum atomic E-state index is 4.43. The van der Waals surface area contributed by atoms with Crippen molar-refractivity contribution in [2.75, 3.05) is 13.1 Å². The molecule has 1 aromatic carbocycles. The first-order chi connectivity index (χ1) is 10.4. The van der Waals surface area contributed by atoms with E-state index in [1.807, 2.05) is 18.5 Å². The standard InChI is InChI=1S/C16H21N5/c1-2-5-14(6-3-1)7-11-21-12-10-17-15(21)13-20-16-18-8-4-9-19-16/h1-3,5-6,10,12H,4,7-9,11,13H2,(H2,18,19,20). The Bertz CT molecular complexity index is 588. The van der Waals surface area contributed by atoms with Crippen LogP contribution in [0, 0.1) is 0 Å². The largest absolute Gasteiger partial charge is 0.356 e. The highest BCUT2D eigenvalue weighted by molar-refractivity contribution is 5.80. The predicted octanol–water partition coefficient (Wildman–Crippen LogP) is 1.56. The van der Waals surface area contributed by atoms with Gasteiger partial charge in [-0.05, 0) is 18.4 Å². The number of aliphatic imine (C=N–C) groups is 1. The minimum atomic E-state index is 0.702. The molecule has 0 atom stereocenters. The number of aryl methyl sites for hydroxylation is 2. The molecule has 0 unspecified atom stereocenters. The van der Waals surface area contributed by atoms with E-state index < -0.39 is 0 Å². The second kappa shape index (κ2) is 6.92. The SMILES string of the molecule is c1ccc(CCn2ccnc2CNC2=NCCCN2)cc1. The molecule has 2 heterocycles. The van der Waals surface area contributed by atoms with Gasteiger partial charge in [0.05, 0.1) is 6.54 Å². The predicted molar refractivity (Wildman–Crippen MR) is 84.1 cm³/mol. The minimum absolute atomic E-state index is 0.702. The van der Waals surface area contributed by atoms with Gasteiger partial charge in [-0.2, -0.15) is 0 Å². The van der Waals surface area contributed by atoms with Crippen molar-refractivity contribution < 1.29 is 0 Å². The lowest BCUT2D eigenvalue weighted by Crippen LogP contribution is -2.40. The molecule has 3 rings (SSSR count). The zero-order valence-electron chi connectivity index (χ0n) is 12.1. The van der Waals surface area contributed by atoms with E-state index in [-0.39, 0.29) is 0 Å². The van der Waals surface area contributed by atoms with Gasteiger partial charge in [-0.3, -0.25) is 4.99 Å². The van der Waals surface area contributed by atoms with Crippen molar-refractivity contribution in [2.45, 2.75) is 25.9 Å². The monoisotopic (exact) mass is 283 g/mol. The van der Waals surface area contributed by atoms with Crippen molar-refractivity contribution in [2.24, 2.45) is 4.99 Å². The van der Waals surface area contributed by atoms with Gasteiger partial charge < -0.3 is 15.2 Å². The average molecular weight is 283 g/mol. The van der Waals surface area contributed by atoms with Crippen LogP contribution >= 0.6 is 0 Å². The number of nitrogens with one attached hydrogen (secondary N) is 2. The van der Waals surface area contributed by atoms with Crippen LogP contribution in [0.5, 0.6) is 0 Å². The fourth-order valence-corrected chi connectivity index (χ4v) is 2.42. The van der Waals surface area contributed by atoms with E-state index in [1.165, 1.54) is 5.56 Å². The summed E-state index contributed by atoms with van der Waals surface area (Å²) < 4.78 is 2.20. The first kappa shape index (κ1) is 13.7. The van der Waals surface area contributed by atoms with Crippen molar-refractivity contribution in [3.63, 3.8) is 0 Å². The topological polar surface area (TPSA) is 54.2 Å². The molecule has 0 spiro atoms. The number of hydrogen-bond donors (Lipinski definition) is 2. The van der Waals surface area contributed by atoms with E-state index in [0.29, 0.717) is 6.54 Å². The van der Waals surface area contributed by atoms with Crippen LogP contribution < -0.4 is 10.6 Å². The van der Waals surface area contributed by atoms with E-state index in [9.17, 15) is 0 Å². The molecule has 110 valence electrons. The third-order valence-corrected chi connectivity index (χ3v) is 3.60. The highest BCUT2D eigenvalue weighted by Gasteiger charge is 2.06. The molecule has 0 amide bonds. The van der Waals surface area contributed by atoms with Gasteiger partial charge in [0.2, 0.25) is 0 Å². The van der Waals surface area contributed by atoms with Crippen molar-refractivity contribution in [3.8, 4) is 0 Å². The van der Waals surface area contributed by atoms with E-state index in [2.05, 4.69) is 49.4 Å². The maximum absolute atomic E-state index is 4.43. The zero-order valence-corrected chi connectivity index (χ0v) is 12.1. The summed E-state index contributed by atoms with van der Waals surface area (Å²) in [7, 11) is 0. The Kier molecular flexibility index (Phi) is 4.51. The summed E-state index contributed by atoms with van der Waals surface area (Å²) in [6.45, 7) is 3.54. The molecule has 1 aliphatic heterocycles. The minimum Gasteiger partial charge on any atom is -0.356 e. The lowest BCUT2D eigenvalue weighted by atomic mass is 10.1. The molecule has 2 N–H and O–H groups in total. The quantitative estimate of drug-likeness (QED) is 0.875. The summed E-state index contributed by atoms with van der Waals surface area (Å²) in [5.74, 6) is 1.93. The van der Waals surface area contributed by atoms with Crippen molar-refractivity contribution >= 4 is 5.96 Å². The number of guanidine groups is 1. The number of nitrogens with zero attached hydrogens (tertiary/aromatic N) is 3. The highest BCUT2D eigenvalue weighted by atomic mass is 15.2. The van der Waals surface area contributed by atoms with Gasteiger partial charge in [0, 0.05) is 32.0 Å². The summed E-state index contributed by atoms with van der Waals surface area (Å²) in [6.07, 6.45) is 6.02. The second-order valence-electron chi connectivity index (χ2n) is 5.14. The van der Waals surface area contributed by atoms with Crippen LogP contribution in [0.2, 0.25) is 0 Å². The van der Waals surface area contributed by atoms with Crippen molar-refractivity contribution in [1.29, 1.82) is 0 Å². The van der Waals surface area contributed by atoms with Crippen LogP contribution in [-0.4, -0.2) is 28.6 Å². The molecule has 0 fully saturated rings. The highest BCUT2D eigenvalue weighted by Crippen LogP contribution is 2.04. The summed E-state index contributed by atoms with van der Waals surface area (Å²) in [5.41, 5.74) is 1.35. The second-order valence-corrected chi connectivity index (χ2v) is 5.14. The van der Waals surface area contributed by atoms with E-state index >= 15 is 0 Å². The molecule has 1 aliphatic rings. The summed E-state index contributed by atoms with van der Waals surface area (Å²) in [6, 6.07) is 10.5. The Labute approximate surface area is 125 Å². The maximum Gasteiger partial charge on any atom is 0.191 e. The van der Waals surface area contributed by atoms with Gasteiger partial charge >= 0.3 is 0 Å². The first-order valence-electron chi connectivity index (χ1n) is 7.48. The Balaban J connectivity index is 1.55. The van der Waals surface area contributed by atoms with Gasteiger partial charge in [-0.15, -0.1) is 0 Å². The van der Waals surface area contributed by atoms with Crippen molar-refractivity contribution in [3.05, 3.63) is 54.1 Å². The van der Waals surface area contributed by atoms with Gasteiger partial charge in [0.15, 0.2) is 5.96 Å². The summed E-state index contributed by atoms with van der Waals surface area (Å²) >= 11 is 0. The van der Waals surface area contributed by atoms with Gasteiger partial charge in [-0.1, -0.05) is 30.3 Å². The van der Waals surface area contributed by atoms with Gasteiger partial charge in [0.25, 0.3) is 0 Å². The van der Waals surface area contributed by atoms with E-state index in [4.69, 9.17) is 0 Å². The van der Waals surface area contributed by atoms with Gasteiger partial charge in [0.1, 0.15) is 5.82 Å². The molecule has 0 saturated heterocycles. The molecule has 2 aromatic rings. The van der Waals surface area contributed by atoms with Gasteiger partial charge in [-0.25, -0.2) is 4.98 Å². The fraction of sp³-hybridized carbons (Fsp3) is 0.375. The Morgan fingerprint density at radius 2 is 2.14 bits per heavy atom. The van der Waals surface area contributed by atoms with Crippen LogP contribution in [0.4, 0.5) is 0 Å². The molecule has 0 bridgehead atoms. The number of rotatable bonds is 5. The lowest BCUT2D eigenvalue weighted by Gasteiger charge is -2.16. The van der Waals surface area contributed by atoms with E-state index in [1.54, 1.807) is 0 Å². The molecular weight excluding hydrogens is 262 g/mol. The lowest BCUT2D eigenvalue weighted by molar-refractivity contribution is 0.627. The normalized spacial score (nSPS) is 14.4. The molecular formula is C16H21N5. The van der Waals surface area contributed by atoms with Crippen LogP contribution in [0.25, 0.3) is 0 Å². The van der Waals surface area contributed by atoms with Crippen molar-refractivity contribution in [1.82, 2.24) is 20.2 Å². The zero-order chi connectivity index (χ0) is 14.3. The third kappa shape index (κ3) is 3.84. The molecule has 5 nitrogen and oxygen atoms in total. The summed E-state index contributed by atoms with van der Waals surface area (Å²) in [4.78, 5) is 8.84. The molecule has 5 heteroatoms. The molecule has 21 heavy (non-hydrogen) atoms. The number of benzene rings is 1. The number of aromatic nitrogens is 2. The molecule has 1 aromatic heterocycles.